The third-order valence-corrected chi connectivity index (χ3v) is 4.95. The number of nitrogens with zero attached hydrogens (tertiary/aromatic N) is 1. The summed E-state index contributed by atoms with van der Waals surface area (Å²) in [7, 11) is 0. The van der Waals surface area contributed by atoms with Gasteiger partial charge in [-0.1, -0.05) is 0 Å². The molecule has 1 aromatic rings. The molecule has 0 radical (unpaired) electrons. The second-order valence-electron chi connectivity index (χ2n) is 7.55. The topological polar surface area (TPSA) is 77.8 Å². The zero-order valence-corrected chi connectivity index (χ0v) is 14.2. The van der Waals surface area contributed by atoms with E-state index >= 15 is 0 Å². The molecule has 1 aromatic carbocycles. The number of likely N-dealkylation sites (tertiary alicyclic amines) is 1. The van der Waals surface area contributed by atoms with Crippen LogP contribution in [0.3, 0.4) is 0 Å². The van der Waals surface area contributed by atoms with Gasteiger partial charge in [-0.2, -0.15) is 0 Å². The summed E-state index contributed by atoms with van der Waals surface area (Å²) < 4.78 is 0. The fourth-order valence-corrected chi connectivity index (χ4v) is 3.71. The van der Waals surface area contributed by atoms with E-state index in [4.69, 9.17) is 0 Å². The summed E-state index contributed by atoms with van der Waals surface area (Å²) in [6.07, 6.45) is 3.21. The van der Waals surface area contributed by atoms with Crippen molar-refractivity contribution < 1.29 is 19.8 Å². The van der Waals surface area contributed by atoms with Gasteiger partial charge in [0.05, 0.1) is 11.1 Å². The minimum Gasteiger partial charge on any atom is -0.478 e. The van der Waals surface area contributed by atoms with Crippen LogP contribution in [0.2, 0.25) is 0 Å². The molecular weight excluding hydrogens is 294 g/mol. The highest BCUT2D eigenvalue weighted by molar-refractivity contribution is 5.93. The number of hydrogen-bond acceptors (Lipinski definition) is 3. The SMILES string of the molecule is CC1(C)CCCC(C)(C)N1Cc1cc(C(=O)O)ccc1C(=O)O. The van der Waals surface area contributed by atoms with Crippen molar-refractivity contribution in [3.8, 4) is 0 Å². The lowest BCUT2D eigenvalue weighted by molar-refractivity contribution is -0.0343. The van der Waals surface area contributed by atoms with E-state index < -0.39 is 11.9 Å². The van der Waals surface area contributed by atoms with Crippen LogP contribution in [0, 0.1) is 0 Å². The maximum atomic E-state index is 11.5. The van der Waals surface area contributed by atoms with Crippen molar-refractivity contribution >= 4 is 11.9 Å². The molecule has 1 aliphatic heterocycles. The molecule has 23 heavy (non-hydrogen) atoms. The van der Waals surface area contributed by atoms with Crippen LogP contribution in [0.1, 0.15) is 73.2 Å². The van der Waals surface area contributed by atoms with Crippen LogP contribution >= 0.6 is 0 Å². The standard InChI is InChI=1S/C18H25NO4/c1-17(2)8-5-9-18(3,4)19(17)11-13-10-12(15(20)21)6-7-14(13)16(22)23/h6-7,10H,5,8-9,11H2,1-4H3,(H,20,21)(H,22,23). The first-order valence-electron chi connectivity index (χ1n) is 7.92. The minimum absolute atomic E-state index is 0.0588. The lowest BCUT2D eigenvalue weighted by Crippen LogP contribution is -2.57. The number of carboxylic acids is 2. The second-order valence-corrected chi connectivity index (χ2v) is 7.55. The Balaban J connectivity index is 2.46. The second kappa shape index (κ2) is 5.96. The van der Waals surface area contributed by atoms with Gasteiger partial charge in [0.15, 0.2) is 0 Å². The normalized spacial score (nSPS) is 20.2. The third kappa shape index (κ3) is 3.55. The molecule has 0 amide bonds. The number of carbonyl (C=O) groups is 2. The summed E-state index contributed by atoms with van der Waals surface area (Å²) in [4.78, 5) is 25.0. The van der Waals surface area contributed by atoms with E-state index in [2.05, 4.69) is 32.6 Å². The molecule has 126 valence electrons. The first kappa shape index (κ1) is 17.5. The van der Waals surface area contributed by atoms with Crippen molar-refractivity contribution in [3.05, 3.63) is 34.9 Å². The first-order valence-corrected chi connectivity index (χ1v) is 7.92. The summed E-state index contributed by atoms with van der Waals surface area (Å²) in [6, 6.07) is 4.24. The predicted octanol–water partition coefficient (Wildman–Crippen LogP) is 3.63. The highest BCUT2D eigenvalue weighted by atomic mass is 16.4. The molecule has 0 saturated carbocycles. The molecule has 2 rings (SSSR count). The van der Waals surface area contributed by atoms with Crippen molar-refractivity contribution in [2.75, 3.05) is 0 Å². The van der Waals surface area contributed by atoms with Crippen molar-refractivity contribution in [1.82, 2.24) is 4.90 Å². The van der Waals surface area contributed by atoms with E-state index in [-0.39, 0.29) is 22.2 Å². The van der Waals surface area contributed by atoms with Gasteiger partial charge in [0, 0.05) is 17.6 Å². The van der Waals surface area contributed by atoms with Gasteiger partial charge in [-0.15, -0.1) is 0 Å². The molecule has 0 atom stereocenters. The Hall–Kier alpha value is -1.88. The third-order valence-electron chi connectivity index (χ3n) is 4.95. The van der Waals surface area contributed by atoms with Gasteiger partial charge in [0.1, 0.15) is 0 Å². The molecular formula is C18H25NO4. The highest BCUT2D eigenvalue weighted by Crippen LogP contribution is 2.39. The molecule has 0 bridgehead atoms. The van der Waals surface area contributed by atoms with Crippen LogP contribution in [0.25, 0.3) is 0 Å². The van der Waals surface area contributed by atoms with Gasteiger partial charge in [-0.05, 0) is 70.7 Å². The molecule has 0 unspecified atom stereocenters. The van der Waals surface area contributed by atoms with Gasteiger partial charge >= 0.3 is 11.9 Å². The quantitative estimate of drug-likeness (QED) is 0.886. The number of aromatic carboxylic acids is 2. The van der Waals surface area contributed by atoms with Crippen LogP contribution in [0.15, 0.2) is 18.2 Å². The minimum atomic E-state index is -1.04. The van der Waals surface area contributed by atoms with Gasteiger partial charge in [-0.25, -0.2) is 9.59 Å². The average molecular weight is 319 g/mol. The Bertz CT molecular complexity index is 618. The number of piperidine rings is 1. The lowest BCUT2D eigenvalue weighted by Gasteiger charge is -2.53. The average Bonchev–Trinajstić information content (AvgIpc) is 2.42. The van der Waals surface area contributed by atoms with Crippen LogP contribution in [-0.4, -0.2) is 38.1 Å². The largest absolute Gasteiger partial charge is 0.478 e. The van der Waals surface area contributed by atoms with E-state index in [0.29, 0.717) is 12.1 Å². The summed E-state index contributed by atoms with van der Waals surface area (Å²) in [5, 5.41) is 18.6. The van der Waals surface area contributed by atoms with Gasteiger partial charge in [0.25, 0.3) is 0 Å². The summed E-state index contributed by atoms with van der Waals surface area (Å²) >= 11 is 0. The highest BCUT2D eigenvalue weighted by Gasteiger charge is 2.41. The van der Waals surface area contributed by atoms with Crippen molar-refractivity contribution in [2.24, 2.45) is 0 Å². The molecule has 1 saturated heterocycles. The van der Waals surface area contributed by atoms with Crippen LogP contribution < -0.4 is 0 Å². The maximum Gasteiger partial charge on any atom is 0.336 e. The molecule has 0 aliphatic carbocycles. The number of rotatable bonds is 4. The molecule has 1 aliphatic rings. The Morgan fingerprint density at radius 3 is 2.09 bits per heavy atom. The Kier molecular flexibility index (Phi) is 4.53. The summed E-state index contributed by atoms with van der Waals surface area (Å²) in [5.41, 5.74) is 0.735. The van der Waals surface area contributed by atoms with E-state index in [0.717, 1.165) is 19.3 Å². The van der Waals surface area contributed by atoms with Crippen molar-refractivity contribution in [1.29, 1.82) is 0 Å². The van der Waals surface area contributed by atoms with Crippen molar-refractivity contribution in [2.45, 2.75) is 64.6 Å². The smallest absolute Gasteiger partial charge is 0.336 e. The fourth-order valence-electron chi connectivity index (χ4n) is 3.71. The zero-order valence-electron chi connectivity index (χ0n) is 14.2. The Morgan fingerprint density at radius 1 is 1.04 bits per heavy atom. The number of carboxylic acid groups (broad SMARTS) is 2. The number of hydrogen-bond donors (Lipinski definition) is 2. The van der Waals surface area contributed by atoms with E-state index in [1.165, 1.54) is 18.2 Å². The lowest BCUT2D eigenvalue weighted by atomic mass is 9.79. The summed E-state index contributed by atoms with van der Waals surface area (Å²) in [6.45, 7) is 9.08. The van der Waals surface area contributed by atoms with Gasteiger partial charge in [-0.3, -0.25) is 4.90 Å². The molecule has 5 heteroatoms. The van der Waals surface area contributed by atoms with E-state index in [1.807, 2.05) is 0 Å². The molecule has 1 fully saturated rings. The first-order chi connectivity index (χ1) is 10.5. The Labute approximate surface area is 136 Å². The van der Waals surface area contributed by atoms with Crippen molar-refractivity contribution in [3.63, 3.8) is 0 Å². The molecule has 5 nitrogen and oxygen atoms in total. The summed E-state index contributed by atoms with van der Waals surface area (Å²) in [5.74, 6) is -2.06. The predicted molar refractivity (Wildman–Crippen MR) is 87.9 cm³/mol. The maximum absolute atomic E-state index is 11.5. The molecule has 2 N–H and O–H groups in total. The molecule has 0 spiro atoms. The van der Waals surface area contributed by atoms with E-state index in [1.54, 1.807) is 0 Å². The van der Waals surface area contributed by atoms with Crippen LogP contribution in [-0.2, 0) is 6.54 Å². The van der Waals surface area contributed by atoms with Gasteiger partial charge < -0.3 is 10.2 Å². The Morgan fingerprint density at radius 2 is 1.61 bits per heavy atom. The van der Waals surface area contributed by atoms with Gasteiger partial charge in [0.2, 0.25) is 0 Å². The monoisotopic (exact) mass is 319 g/mol. The fraction of sp³-hybridized carbons (Fsp3) is 0.556. The molecule has 1 heterocycles. The van der Waals surface area contributed by atoms with Crippen LogP contribution in [0.4, 0.5) is 0 Å². The van der Waals surface area contributed by atoms with E-state index in [9.17, 15) is 19.8 Å². The zero-order chi connectivity index (χ0) is 17.4. The molecule has 0 aromatic heterocycles. The van der Waals surface area contributed by atoms with Crippen LogP contribution in [0.5, 0.6) is 0 Å². The number of benzene rings is 1.